The van der Waals surface area contributed by atoms with Crippen LogP contribution >= 0.6 is 11.8 Å². The summed E-state index contributed by atoms with van der Waals surface area (Å²) >= 11 is 1.36. The van der Waals surface area contributed by atoms with E-state index in [-0.39, 0.29) is 5.78 Å². The third-order valence-electron chi connectivity index (χ3n) is 3.44. The van der Waals surface area contributed by atoms with Crippen LogP contribution in [0.3, 0.4) is 0 Å². The van der Waals surface area contributed by atoms with Crippen LogP contribution in [0, 0.1) is 6.92 Å². The summed E-state index contributed by atoms with van der Waals surface area (Å²) < 4.78 is 6.99. The highest BCUT2D eigenvalue weighted by molar-refractivity contribution is 7.99. The third-order valence-corrected chi connectivity index (χ3v) is 4.36. The van der Waals surface area contributed by atoms with E-state index < -0.39 is 0 Å². The minimum absolute atomic E-state index is 0.0234. The number of thioether (sulfide) groups is 1. The number of nitrogens with zero attached hydrogens (tertiary/aromatic N) is 4. The maximum atomic E-state index is 12.2. The monoisotopic (exact) mass is 340 g/mol. The van der Waals surface area contributed by atoms with Gasteiger partial charge in [-0.1, -0.05) is 23.9 Å². The second kappa shape index (κ2) is 7.27. The number of ketones is 1. The lowest BCUT2D eigenvalue weighted by atomic mass is 10.1. The van der Waals surface area contributed by atoms with Crippen LogP contribution in [-0.2, 0) is 0 Å². The van der Waals surface area contributed by atoms with Gasteiger partial charge in [0, 0.05) is 18.0 Å². The van der Waals surface area contributed by atoms with E-state index in [1.54, 1.807) is 31.5 Å². The highest BCUT2D eigenvalue weighted by atomic mass is 32.2. The fraction of sp³-hybridized carbons (Fsp3) is 0.176. The first-order valence-electron chi connectivity index (χ1n) is 7.31. The number of aromatic nitrogens is 4. The van der Waals surface area contributed by atoms with E-state index in [1.807, 2.05) is 35.9 Å². The van der Waals surface area contributed by atoms with Crippen molar-refractivity contribution in [3.63, 3.8) is 0 Å². The van der Waals surface area contributed by atoms with Crippen molar-refractivity contribution >= 4 is 17.5 Å². The molecular formula is C17H16N4O2S. The first-order valence-corrected chi connectivity index (χ1v) is 8.30. The molecule has 0 amide bonds. The highest BCUT2D eigenvalue weighted by Gasteiger charge is 2.09. The molecule has 0 aliphatic heterocycles. The Morgan fingerprint density at radius 3 is 2.79 bits per heavy atom. The molecule has 0 fully saturated rings. The third kappa shape index (κ3) is 3.62. The molecule has 0 aliphatic carbocycles. The molecule has 0 saturated heterocycles. The van der Waals surface area contributed by atoms with Gasteiger partial charge in [0.25, 0.3) is 0 Å². The van der Waals surface area contributed by atoms with Crippen LogP contribution in [-0.4, -0.2) is 38.4 Å². The first kappa shape index (κ1) is 16.2. The summed E-state index contributed by atoms with van der Waals surface area (Å²) in [5.74, 6) is 2.54. The van der Waals surface area contributed by atoms with Crippen LogP contribution in [0.15, 0.2) is 53.8 Å². The summed E-state index contributed by atoms with van der Waals surface area (Å²) in [4.78, 5) is 16.4. The number of rotatable bonds is 6. The fourth-order valence-corrected chi connectivity index (χ4v) is 2.87. The molecule has 7 heteroatoms. The highest BCUT2D eigenvalue weighted by Crippen LogP contribution is 2.19. The first-order chi connectivity index (χ1) is 11.7. The van der Waals surface area contributed by atoms with Crippen LogP contribution in [0.2, 0.25) is 0 Å². The van der Waals surface area contributed by atoms with E-state index in [0.717, 1.165) is 5.82 Å². The molecule has 2 aromatic heterocycles. The molecular weight excluding hydrogens is 324 g/mol. The lowest BCUT2D eigenvalue weighted by Gasteiger charge is -2.05. The Bertz CT molecular complexity index is 846. The van der Waals surface area contributed by atoms with Crippen molar-refractivity contribution in [2.75, 3.05) is 12.9 Å². The van der Waals surface area contributed by atoms with Crippen molar-refractivity contribution in [3.8, 4) is 11.6 Å². The molecule has 3 rings (SSSR count). The molecule has 122 valence electrons. The zero-order chi connectivity index (χ0) is 16.9. The second-order valence-electron chi connectivity index (χ2n) is 5.02. The molecule has 0 unspecified atom stereocenters. The number of Topliss-reactive ketones (excluding diaryl/α,β-unsaturated/α-hetero) is 1. The average molecular weight is 340 g/mol. The largest absolute Gasteiger partial charge is 0.497 e. The molecule has 0 atom stereocenters. The van der Waals surface area contributed by atoms with Gasteiger partial charge in [-0.25, -0.2) is 4.98 Å². The average Bonchev–Trinajstić information content (AvgIpc) is 3.06. The molecule has 0 aliphatic rings. The van der Waals surface area contributed by atoms with Crippen LogP contribution in [0.5, 0.6) is 5.75 Å². The van der Waals surface area contributed by atoms with Crippen LogP contribution in [0.25, 0.3) is 5.82 Å². The zero-order valence-electron chi connectivity index (χ0n) is 13.3. The number of methoxy groups -OCH3 is 1. The Balaban J connectivity index is 1.64. The van der Waals surface area contributed by atoms with Gasteiger partial charge in [0.15, 0.2) is 11.6 Å². The van der Waals surface area contributed by atoms with Gasteiger partial charge >= 0.3 is 0 Å². The topological polar surface area (TPSA) is 69.9 Å². The van der Waals surface area contributed by atoms with Crippen LogP contribution in [0.1, 0.15) is 16.2 Å². The summed E-state index contributed by atoms with van der Waals surface area (Å²) in [6.45, 7) is 1.90. The van der Waals surface area contributed by atoms with Gasteiger partial charge in [-0.05, 0) is 31.2 Å². The quantitative estimate of drug-likeness (QED) is 0.507. The van der Waals surface area contributed by atoms with Gasteiger partial charge in [0.1, 0.15) is 16.6 Å². The Morgan fingerprint density at radius 2 is 2.12 bits per heavy atom. The standard InChI is InChI=1S/C17H16N4O2S/c1-12-18-8-9-21(12)16-6-7-17(20-19-16)24-11-15(22)13-4-3-5-14(10-13)23-2/h3-10H,11H2,1-2H3. The Labute approximate surface area is 143 Å². The number of imidazole rings is 1. The normalized spacial score (nSPS) is 10.6. The van der Waals surface area contributed by atoms with E-state index >= 15 is 0 Å². The minimum atomic E-state index is 0.0234. The van der Waals surface area contributed by atoms with Crippen molar-refractivity contribution < 1.29 is 9.53 Å². The smallest absolute Gasteiger partial charge is 0.173 e. The predicted octanol–water partition coefficient (Wildman–Crippen LogP) is 2.95. The van der Waals surface area contributed by atoms with Crippen molar-refractivity contribution in [1.82, 2.24) is 19.7 Å². The van der Waals surface area contributed by atoms with Crippen molar-refractivity contribution in [2.24, 2.45) is 0 Å². The predicted molar refractivity (Wildman–Crippen MR) is 91.9 cm³/mol. The molecule has 1 aromatic carbocycles. The number of hydrogen-bond donors (Lipinski definition) is 0. The number of carbonyl (C=O) groups is 1. The van der Waals surface area contributed by atoms with Gasteiger partial charge in [0.05, 0.1) is 12.9 Å². The van der Waals surface area contributed by atoms with Gasteiger partial charge in [0.2, 0.25) is 0 Å². The van der Waals surface area contributed by atoms with Crippen LogP contribution in [0.4, 0.5) is 0 Å². The Hall–Kier alpha value is -2.67. The van der Waals surface area contributed by atoms with Gasteiger partial charge < -0.3 is 4.74 Å². The zero-order valence-corrected chi connectivity index (χ0v) is 14.2. The van der Waals surface area contributed by atoms with Crippen molar-refractivity contribution in [1.29, 1.82) is 0 Å². The molecule has 2 heterocycles. The Kier molecular flexibility index (Phi) is 4.90. The minimum Gasteiger partial charge on any atom is -0.497 e. The summed E-state index contributed by atoms with van der Waals surface area (Å²) in [5, 5.41) is 9.05. The summed E-state index contributed by atoms with van der Waals surface area (Å²) in [6.07, 6.45) is 3.55. The van der Waals surface area contributed by atoms with Gasteiger partial charge in [-0.2, -0.15) is 0 Å². The molecule has 0 saturated carbocycles. The lowest BCUT2D eigenvalue weighted by Crippen LogP contribution is -2.04. The lowest BCUT2D eigenvalue weighted by molar-refractivity contribution is 0.102. The molecule has 0 N–H and O–H groups in total. The number of carbonyl (C=O) groups excluding carboxylic acids is 1. The maximum Gasteiger partial charge on any atom is 0.173 e. The number of ether oxygens (including phenoxy) is 1. The van der Waals surface area contributed by atoms with E-state index in [9.17, 15) is 4.79 Å². The molecule has 3 aromatic rings. The Morgan fingerprint density at radius 1 is 1.25 bits per heavy atom. The van der Waals surface area contributed by atoms with E-state index in [1.165, 1.54) is 11.8 Å². The molecule has 0 radical (unpaired) electrons. The van der Waals surface area contributed by atoms with E-state index in [0.29, 0.717) is 27.9 Å². The molecule has 24 heavy (non-hydrogen) atoms. The maximum absolute atomic E-state index is 12.2. The van der Waals surface area contributed by atoms with E-state index in [4.69, 9.17) is 4.74 Å². The number of benzene rings is 1. The van der Waals surface area contributed by atoms with Crippen molar-refractivity contribution in [2.45, 2.75) is 11.9 Å². The van der Waals surface area contributed by atoms with E-state index in [2.05, 4.69) is 15.2 Å². The molecule has 0 bridgehead atoms. The van der Waals surface area contributed by atoms with Crippen LogP contribution < -0.4 is 4.74 Å². The fourth-order valence-electron chi connectivity index (χ4n) is 2.16. The number of hydrogen-bond acceptors (Lipinski definition) is 6. The summed E-state index contributed by atoms with van der Waals surface area (Å²) in [7, 11) is 1.58. The SMILES string of the molecule is COc1cccc(C(=O)CSc2ccc(-n3ccnc3C)nn2)c1. The number of aryl methyl sites for hydroxylation is 1. The molecule has 6 nitrogen and oxygen atoms in total. The summed E-state index contributed by atoms with van der Waals surface area (Å²) in [5.41, 5.74) is 0.625. The molecule has 0 spiro atoms. The summed E-state index contributed by atoms with van der Waals surface area (Å²) in [6, 6.07) is 10.8. The van der Waals surface area contributed by atoms with Gasteiger partial charge in [-0.3, -0.25) is 9.36 Å². The van der Waals surface area contributed by atoms with Crippen molar-refractivity contribution in [3.05, 3.63) is 60.2 Å². The second-order valence-corrected chi connectivity index (χ2v) is 6.01. The van der Waals surface area contributed by atoms with Gasteiger partial charge in [-0.15, -0.1) is 10.2 Å².